The van der Waals surface area contributed by atoms with Gasteiger partial charge in [-0.25, -0.2) is 5.01 Å². The van der Waals surface area contributed by atoms with Gasteiger partial charge in [0.05, 0.1) is 12.0 Å². The van der Waals surface area contributed by atoms with E-state index in [0.717, 1.165) is 34.1 Å². The molecule has 2 aliphatic heterocycles. The molecule has 0 unspecified atom stereocenters. The zero-order chi connectivity index (χ0) is 19.5. The molecule has 0 saturated carbocycles. The first-order chi connectivity index (χ1) is 13.7. The SMILES string of the molecule is CCCOc1ccccc1[C@H]1N=c2ccccc2=C2C(=O)NC(SCC)=NN21. The summed E-state index contributed by atoms with van der Waals surface area (Å²) in [4.78, 5) is 17.9. The third kappa shape index (κ3) is 3.38. The number of hydrogen-bond acceptors (Lipinski definition) is 6. The van der Waals surface area contributed by atoms with Crippen LogP contribution in [0.5, 0.6) is 5.75 Å². The Morgan fingerprint density at radius 2 is 1.93 bits per heavy atom. The van der Waals surface area contributed by atoms with E-state index in [1.807, 2.05) is 55.5 Å². The minimum atomic E-state index is -0.462. The number of carbonyl (C=O) groups is 1. The number of nitrogens with zero attached hydrogens (tertiary/aromatic N) is 3. The summed E-state index contributed by atoms with van der Waals surface area (Å²) in [5, 5.41) is 11.5. The molecule has 6 nitrogen and oxygen atoms in total. The van der Waals surface area contributed by atoms with Gasteiger partial charge in [-0.2, -0.15) is 0 Å². The summed E-state index contributed by atoms with van der Waals surface area (Å²) >= 11 is 1.50. The highest BCUT2D eigenvalue weighted by molar-refractivity contribution is 8.13. The van der Waals surface area contributed by atoms with E-state index in [0.29, 0.717) is 17.5 Å². The molecule has 4 rings (SSSR count). The summed E-state index contributed by atoms with van der Waals surface area (Å²) < 4.78 is 5.96. The van der Waals surface area contributed by atoms with Crippen LogP contribution in [0.1, 0.15) is 32.0 Å². The van der Waals surface area contributed by atoms with E-state index in [9.17, 15) is 4.79 Å². The number of fused-ring (bicyclic) bond motifs is 2. The van der Waals surface area contributed by atoms with Crippen LogP contribution < -0.4 is 20.6 Å². The largest absolute Gasteiger partial charge is 0.493 e. The molecule has 0 spiro atoms. The number of benzene rings is 2. The molecule has 0 saturated heterocycles. The number of hydrazone groups is 1. The smallest absolute Gasteiger partial charge is 0.276 e. The second-order valence-corrected chi connectivity index (χ2v) is 7.64. The van der Waals surface area contributed by atoms with E-state index in [1.54, 1.807) is 5.01 Å². The van der Waals surface area contributed by atoms with Crippen LogP contribution in [0.3, 0.4) is 0 Å². The number of amides is 1. The van der Waals surface area contributed by atoms with Gasteiger partial charge in [0.15, 0.2) is 11.3 Å². The standard InChI is InChI=1S/C21H22N4O2S/c1-3-13-27-17-12-8-6-10-15(17)19-22-16-11-7-5-9-14(16)18-20(26)23-21(28-4-2)24-25(18)19/h5-12,19H,3-4,13H2,1-2H3,(H,23,24,26)/t19-/m0/s1. The topological polar surface area (TPSA) is 66.3 Å². The second-order valence-electron chi connectivity index (χ2n) is 6.39. The van der Waals surface area contributed by atoms with Crippen molar-refractivity contribution in [3.05, 3.63) is 64.7 Å². The number of para-hydroxylation sites is 2. The molecule has 28 heavy (non-hydrogen) atoms. The molecule has 2 heterocycles. The summed E-state index contributed by atoms with van der Waals surface area (Å²) in [5.41, 5.74) is 1.41. The quantitative estimate of drug-likeness (QED) is 0.846. The average Bonchev–Trinajstić information content (AvgIpc) is 2.72. The maximum absolute atomic E-state index is 13.0. The number of thioether (sulfide) groups is 1. The van der Waals surface area contributed by atoms with E-state index < -0.39 is 6.17 Å². The second kappa shape index (κ2) is 8.06. The fourth-order valence-electron chi connectivity index (χ4n) is 3.27. The van der Waals surface area contributed by atoms with Crippen LogP contribution >= 0.6 is 11.8 Å². The lowest BCUT2D eigenvalue weighted by Gasteiger charge is -2.34. The Morgan fingerprint density at radius 1 is 1.14 bits per heavy atom. The van der Waals surface area contributed by atoms with Crippen molar-refractivity contribution in [2.75, 3.05) is 12.4 Å². The maximum Gasteiger partial charge on any atom is 0.276 e. The molecular formula is C21H22N4O2S. The van der Waals surface area contributed by atoms with Crippen molar-refractivity contribution in [1.82, 2.24) is 10.3 Å². The Morgan fingerprint density at radius 3 is 2.75 bits per heavy atom. The van der Waals surface area contributed by atoms with Crippen molar-refractivity contribution in [2.24, 2.45) is 10.1 Å². The first-order valence-electron chi connectivity index (χ1n) is 9.43. The summed E-state index contributed by atoms with van der Waals surface area (Å²) in [6, 6.07) is 15.5. The van der Waals surface area contributed by atoms with Crippen molar-refractivity contribution >= 4 is 28.5 Å². The van der Waals surface area contributed by atoms with Crippen LogP contribution in [-0.2, 0) is 4.79 Å². The molecule has 0 aromatic heterocycles. The fourth-order valence-corrected chi connectivity index (χ4v) is 3.85. The Labute approximate surface area is 168 Å². The number of amidine groups is 1. The van der Waals surface area contributed by atoms with Gasteiger partial charge in [-0.15, -0.1) is 5.10 Å². The lowest BCUT2D eigenvalue weighted by molar-refractivity contribution is -0.116. The van der Waals surface area contributed by atoms with Crippen molar-refractivity contribution in [3.8, 4) is 5.75 Å². The van der Waals surface area contributed by atoms with Gasteiger partial charge in [0.2, 0.25) is 0 Å². The monoisotopic (exact) mass is 394 g/mol. The van der Waals surface area contributed by atoms with E-state index in [4.69, 9.17) is 14.8 Å². The summed E-state index contributed by atoms with van der Waals surface area (Å²) in [6.45, 7) is 4.72. The van der Waals surface area contributed by atoms with E-state index in [1.165, 1.54) is 11.8 Å². The zero-order valence-corrected chi connectivity index (χ0v) is 16.7. The number of ether oxygens (including phenoxy) is 1. The van der Waals surface area contributed by atoms with Gasteiger partial charge in [-0.3, -0.25) is 15.1 Å². The molecule has 144 valence electrons. The Kier molecular flexibility index (Phi) is 5.34. The Bertz CT molecular complexity index is 1050. The maximum atomic E-state index is 13.0. The molecule has 1 N–H and O–H groups in total. The van der Waals surface area contributed by atoms with Gasteiger partial charge < -0.3 is 4.74 Å². The lowest BCUT2D eigenvalue weighted by atomic mass is 10.1. The van der Waals surface area contributed by atoms with Crippen LogP contribution in [0.25, 0.3) is 5.70 Å². The summed E-state index contributed by atoms with van der Waals surface area (Å²) in [7, 11) is 0. The average molecular weight is 395 g/mol. The third-order valence-corrected chi connectivity index (χ3v) is 5.20. The number of carbonyl (C=O) groups excluding carboxylic acids is 1. The van der Waals surface area contributed by atoms with Gasteiger partial charge in [-0.05, 0) is 24.3 Å². The van der Waals surface area contributed by atoms with Crippen LogP contribution in [-0.4, -0.2) is 28.4 Å². The molecule has 1 atom stereocenters. The number of hydrogen-bond donors (Lipinski definition) is 1. The zero-order valence-electron chi connectivity index (χ0n) is 15.9. The molecule has 1 amide bonds. The van der Waals surface area contributed by atoms with E-state index in [2.05, 4.69) is 12.2 Å². The molecular weight excluding hydrogens is 372 g/mol. The van der Waals surface area contributed by atoms with Gasteiger partial charge in [0.1, 0.15) is 11.4 Å². The van der Waals surface area contributed by atoms with Gasteiger partial charge >= 0.3 is 0 Å². The summed E-state index contributed by atoms with van der Waals surface area (Å²) in [5.74, 6) is 1.42. The van der Waals surface area contributed by atoms with Crippen LogP contribution in [0.4, 0.5) is 0 Å². The van der Waals surface area contributed by atoms with Crippen molar-refractivity contribution in [2.45, 2.75) is 26.4 Å². The van der Waals surface area contributed by atoms with Gasteiger partial charge in [0.25, 0.3) is 5.91 Å². The molecule has 0 radical (unpaired) electrons. The molecule has 2 aliphatic rings. The number of rotatable bonds is 5. The summed E-state index contributed by atoms with van der Waals surface area (Å²) in [6.07, 6.45) is 0.453. The first-order valence-corrected chi connectivity index (χ1v) is 10.4. The highest BCUT2D eigenvalue weighted by Gasteiger charge is 2.35. The lowest BCUT2D eigenvalue weighted by Crippen LogP contribution is -2.50. The normalized spacial score (nSPS) is 17.9. The van der Waals surface area contributed by atoms with Crippen molar-refractivity contribution < 1.29 is 9.53 Å². The Hall–Kier alpha value is -2.80. The van der Waals surface area contributed by atoms with Gasteiger partial charge in [-0.1, -0.05) is 62.0 Å². The molecule has 2 aromatic rings. The molecule has 0 bridgehead atoms. The van der Waals surface area contributed by atoms with E-state index in [-0.39, 0.29) is 5.91 Å². The van der Waals surface area contributed by atoms with Crippen LogP contribution in [0.15, 0.2) is 58.6 Å². The molecule has 0 fully saturated rings. The predicted octanol–water partition coefficient (Wildman–Crippen LogP) is 2.37. The molecule has 2 aromatic carbocycles. The minimum absolute atomic E-state index is 0.162. The van der Waals surface area contributed by atoms with Crippen LogP contribution in [0.2, 0.25) is 0 Å². The number of nitrogens with one attached hydrogen (secondary N) is 1. The van der Waals surface area contributed by atoms with E-state index >= 15 is 0 Å². The van der Waals surface area contributed by atoms with Crippen LogP contribution in [0, 0.1) is 0 Å². The molecule has 0 aliphatic carbocycles. The fraction of sp³-hybridized carbons (Fsp3) is 0.286. The van der Waals surface area contributed by atoms with Gasteiger partial charge in [0, 0.05) is 10.8 Å². The highest BCUT2D eigenvalue weighted by atomic mass is 32.2. The van der Waals surface area contributed by atoms with Crippen molar-refractivity contribution in [3.63, 3.8) is 0 Å². The third-order valence-electron chi connectivity index (χ3n) is 4.46. The Balaban J connectivity index is 1.90. The van der Waals surface area contributed by atoms with Crippen molar-refractivity contribution in [1.29, 1.82) is 0 Å². The first kappa shape index (κ1) is 18.6. The highest BCUT2D eigenvalue weighted by Crippen LogP contribution is 2.35. The minimum Gasteiger partial charge on any atom is -0.493 e. The molecule has 7 heteroatoms. The predicted molar refractivity (Wildman–Crippen MR) is 111 cm³/mol.